The predicted octanol–water partition coefficient (Wildman–Crippen LogP) is 0.0726. The summed E-state index contributed by atoms with van der Waals surface area (Å²) >= 11 is 0. The Morgan fingerprint density at radius 1 is 1.42 bits per heavy atom. The quantitative estimate of drug-likeness (QED) is 0.601. The van der Waals surface area contributed by atoms with Gasteiger partial charge in [0.2, 0.25) is 5.91 Å². The van der Waals surface area contributed by atoms with Crippen molar-refractivity contribution in [2.24, 2.45) is 11.8 Å². The number of piperidine rings is 2. The van der Waals surface area contributed by atoms with Crippen LogP contribution in [0.4, 0.5) is 0 Å². The Kier molecular flexibility index (Phi) is 1.83. The van der Waals surface area contributed by atoms with Gasteiger partial charge in [0.25, 0.3) is 0 Å². The number of hydrogen-bond donors (Lipinski definition) is 1. The molecule has 12 heavy (non-hydrogen) atoms. The zero-order valence-electron chi connectivity index (χ0n) is 7.71. The van der Waals surface area contributed by atoms with E-state index in [4.69, 9.17) is 0 Å². The van der Waals surface area contributed by atoms with Gasteiger partial charge in [-0.1, -0.05) is 0 Å². The fourth-order valence-corrected chi connectivity index (χ4v) is 2.59. The predicted molar refractivity (Wildman–Crippen MR) is 46.7 cm³/mol. The second kappa shape index (κ2) is 2.73. The molecule has 2 bridgehead atoms. The van der Waals surface area contributed by atoms with Crippen molar-refractivity contribution < 1.29 is 4.79 Å². The Labute approximate surface area is 73.1 Å². The van der Waals surface area contributed by atoms with Gasteiger partial charge in [0, 0.05) is 26.1 Å². The molecule has 0 aromatic rings. The van der Waals surface area contributed by atoms with Crippen molar-refractivity contribution in [1.82, 2.24) is 10.2 Å². The van der Waals surface area contributed by atoms with E-state index in [2.05, 4.69) is 17.3 Å². The number of hydrogen-bond acceptors (Lipinski definition) is 2. The van der Waals surface area contributed by atoms with Crippen molar-refractivity contribution in [3.63, 3.8) is 0 Å². The summed E-state index contributed by atoms with van der Waals surface area (Å²) in [4.78, 5) is 13.2. The van der Waals surface area contributed by atoms with Gasteiger partial charge in [-0.15, -0.1) is 0 Å². The Morgan fingerprint density at radius 2 is 2.00 bits per heavy atom. The number of nitrogens with zero attached hydrogens (tertiary/aromatic N) is 1. The minimum absolute atomic E-state index is 0.124. The Balaban J connectivity index is 1.91. The lowest BCUT2D eigenvalue weighted by atomic mass is 9.66. The van der Waals surface area contributed by atoms with Crippen molar-refractivity contribution in [3.05, 3.63) is 0 Å². The molecule has 3 atom stereocenters. The molecule has 0 aromatic carbocycles. The van der Waals surface area contributed by atoms with Crippen molar-refractivity contribution in [1.29, 1.82) is 0 Å². The number of fused-ring (bicyclic) bond motifs is 2. The summed E-state index contributed by atoms with van der Waals surface area (Å²) in [5.41, 5.74) is 0. The van der Waals surface area contributed by atoms with E-state index in [0.29, 0.717) is 6.04 Å². The third-order valence-corrected chi connectivity index (χ3v) is 3.08. The smallest absolute Gasteiger partial charge is 0.217 e. The number of carbonyl (C=O) groups is 1. The monoisotopic (exact) mass is 168 g/mol. The lowest BCUT2D eigenvalue weighted by Gasteiger charge is -2.52. The van der Waals surface area contributed by atoms with Gasteiger partial charge in [-0.2, -0.15) is 0 Å². The fourth-order valence-electron chi connectivity index (χ4n) is 2.59. The molecular formula is C9H16N2O. The molecule has 0 spiro atoms. The van der Waals surface area contributed by atoms with Crippen LogP contribution in [0.2, 0.25) is 0 Å². The minimum Gasteiger partial charge on any atom is -0.353 e. The highest BCUT2D eigenvalue weighted by molar-refractivity contribution is 5.73. The van der Waals surface area contributed by atoms with Crippen LogP contribution in [-0.4, -0.2) is 37.0 Å². The molecule has 68 valence electrons. The molecule has 1 aliphatic carbocycles. The highest BCUT2D eigenvalue weighted by Gasteiger charge is 2.45. The molecule has 1 saturated carbocycles. The third kappa shape index (κ3) is 1.22. The fraction of sp³-hybridized carbons (Fsp3) is 0.889. The van der Waals surface area contributed by atoms with E-state index in [1.165, 1.54) is 6.42 Å². The van der Waals surface area contributed by atoms with E-state index in [9.17, 15) is 4.79 Å². The molecule has 0 unspecified atom stereocenters. The summed E-state index contributed by atoms with van der Waals surface area (Å²) in [6.07, 6.45) is 1.31. The van der Waals surface area contributed by atoms with Gasteiger partial charge in [-0.25, -0.2) is 0 Å². The van der Waals surface area contributed by atoms with Crippen LogP contribution < -0.4 is 5.32 Å². The number of amides is 1. The summed E-state index contributed by atoms with van der Waals surface area (Å²) < 4.78 is 0. The summed E-state index contributed by atoms with van der Waals surface area (Å²) in [6, 6.07) is 0.485. The second-order valence-corrected chi connectivity index (χ2v) is 4.20. The van der Waals surface area contributed by atoms with E-state index in [1.807, 2.05) is 0 Å². The van der Waals surface area contributed by atoms with Gasteiger partial charge in [-0.3, -0.25) is 4.79 Å². The molecule has 2 heterocycles. The average molecular weight is 168 g/mol. The molecule has 0 radical (unpaired) electrons. The largest absolute Gasteiger partial charge is 0.353 e. The lowest BCUT2D eigenvalue weighted by Crippen LogP contribution is -2.63. The van der Waals surface area contributed by atoms with Gasteiger partial charge in [0.1, 0.15) is 0 Å². The maximum Gasteiger partial charge on any atom is 0.217 e. The molecule has 3 fully saturated rings. The van der Waals surface area contributed by atoms with E-state index >= 15 is 0 Å². The zero-order chi connectivity index (χ0) is 8.72. The molecular weight excluding hydrogens is 152 g/mol. The maximum absolute atomic E-state index is 10.8. The van der Waals surface area contributed by atoms with E-state index in [1.54, 1.807) is 6.92 Å². The molecule has 2 aliphatic heterocycles. The maximum atomic E-state index is 10.8. The lowest BCUT2D eigenvalue weighted by molar-refractivity contribution is -0.123. The number of nitrogens with one attached hydrogen (secondary N) is 1. The molecule has 3 aliphatic rings. The molecule has 3 rings (SSSR count). The molecule has 3 nitrogen and oxygen atoms in total. The van der Waals surface area contributed by atoms with Crippen molar-refractivity contribution in [3.8, 4) is 0 Å². The minimum atomic E-state index is 0.124. The molecule has 2 saturated heterocycles. The highest BCUT2D eigenvalue weighted by atomic mass is 16.1. The van der Waals surface area contributed by atoms with Gasteiger partial charge < -0.3 is 10.2 Å². The highest BCUT2D eigenvalue weighted by Crippen LogP contribution is 2.39. The molecule has 0 aromatic heterocycles. The van der Waals surface area contributed by atoms with Crippen LogP contribution >= 0.6 is 0 Å². The topological polar surface area (TPSA) is 32.3 Å². The Morgan fingerprint density at radius 3 is 2.50 bits per heavy atom. The first-order chi connectivity index (χ1) is 5.66. The standard InChI is InChI=1S/C9H16N2O/c1-6(12)10-9-7-3-8(9)5-11(2)4-7/h7-9H,3-5H2,1-2H3,(H,10,12)/t7-,8+,9-. The Hall–Kier alpha value is -0.570. The first-order valence-electron chi connectivity index (χ1n) is 4.62. The normalized spacial score (nSPS) is 40.3. The third-order valence-electron chi connectivity index (χ3n) is 3.08. The number of rotatable bonds is 1. The van der Waals surface area contributed by atoms with Crippen LogP contribution in [0.15, 0.2) is 0 Å². The van der Waals surface area contributed by atoms with Crippen LogP contribution in [0.1, 0.15) is 13.3 Å². The molecule has 3 heteroatoms. The van der Waals surface area contributed by atoms with E-state index < -0.39 is 0 Å². The summed E-state index contributed by atoms with van der Waals surface area (Å²) in [5.74, 6) is 1.56. The van der Waals surface area contributed by atoms with E-state index in [-0.39, 0.29) is 5.91 Å². The van der Waals surface area contributed by atoms with Crippen molar-refractivity contribution >= 4 is 5.91 Å². The SMILES string of the molecule is CC(=O)N[C@@H]1[C@@H]2C[C@H]1CN(C)C2. The average Bonchev–Trinajstić information content (AvgIpc) is 2.00. The first kappa shape index (κ1) is 8.05. The first-order valence-corrected chi connectivity index (χ1v) is 4.62. The summed E-state index contributed by atoms with van der Waals surface area (Å²) in [5, 5.41) is 3.04. The van der Waals surface area contributed by atoms with Crippen LogP contribution in [0.5, 0.6) is 0 Å². The van der Waals surface area contributed by atoms with Gasteiger partial charge >= 0.3 is 0 Å². The summed E-state index contributed by atoms with van der Waals surface area (Å²) in [7, 11) is 2.16. The van der Waals surface area contributed by atoms with Crippen LogP contribution in [0.25, 0.3) is 0 Å². The molecule has 1 amide bonds. The van der Waals surface area contributed by atoms with Gasteiger partial charge in [-0.05, 0) is 25.3 Å². The summed E-state index contributed by atoms with van der Waals surface area (Å²) in [6.45, 7) is 3.92. The van der Waals surface area contributed by atoms with Gasteiger partial charge in [0.15, 0.2) is 0 Å². The van der Waals surface area contributed by atoms with Crippen molar-refractivity contribution in [2.45, 2.75) is 19.4 Å². The van der Waals surface area contributed by atoms with Gasteiger partial charge in [0.05, 0.1) is 0 Å². The van der Waals surface area contributed by atoms with Crippen LogP contribution in [0.3, 0.4) is 0 Å². The van der Waals surface area contributed by atoms with Crippen LogP contribution in [0, 0.1) is 11.8 Å². The molecule has 1 N–H and O–H groups in total. The van der Waals surface area contributed by atoms with Crippen LogP contribution in [-0.2, 0) is 4.79 Å². The Bertz CT molecular complexity index is 193. The second-order valence-electron chi connectivity index (χ2n) is 4.20. The van der Waals surface area contributed by atoms with E-state index in [0.717, 1.165) is 24.9 Å². The number of carbonyl (C=O) groups excluding carboxylic acids is 1. The van der Waals surface area contributed by atoms with Crippen molar-refractivity contribution in [2.75, 3.05) is 20.1 Å². The zero-order valence-corrected chi connectivity index (χ0v) is 7.71.